The van der Waals surface area contributed by atoms with Crippen molar-refractivity contribution < 1.29 is 4.39 Å². The van der Waals surface area contributed by atoms with E-state index in [0.29, 0.717) is 42.5 Å². The molecule has 1 aromatic heterocycles. The Morgan fingerprint density at radius 1 is 1.19 bits per heavy atom. The molecule has 3 aromatic rings. The van der Waals surface area contributed by atoms with E-state index in [2.05, 4.69) is 27.0 Å². The first-order valence-corrected chi connectivity index (χ1v) is 8.99. The van der Waals surface area contributed by atoms with Crippen LogP contribution in [0.15, 0.2) is 40.9 Å². The molecule has 0 saturated heterocycles. The lowest BCUT2D eigenvalue weighted by molar-refractivity contribution is 0.621. The number of nitrogens with two attached hydrogens (primary N) is 1. The maximum atomic E-state index is 13.6. The van der Waals surface area contributed by atoms with Crippen molar-refractivity contribution in [3.8, 4) is 28.5 Å². The number of rotatable bonds is 2. The number of hydrogen-bond acceptors (Lipinski definition) is 3. The largest absolute Gasteiger partial charge is 0.383 e. The summed E-state index contributed by atoms with van der Waals surface area (Å²) in [5.41, 5.74) is 9.39. The molecule has 0 aliphatic heterocycles. The fraction of sp³-hybridized carbons (Fsp3) is 0.0526. The van der Waals surface area contributed by atoms with Crippen molar-refractivity contribution in [1.29, 1.82) is 5.26 Å². The maximum Gasteiger partial charge on any atom is 0.142 e. The highest BCUT2D eigenvalue weighted by Crippen LogP contribution is 2.39. The molecule has 3 nitrogen and oxygen atoms in total. The number of nitrogen functional groups attached to an aromatic ring is 1. The number of benzene rings is 2. The zero-order chi connectivity index (χ0) is 19.0. The minimum Gasteiger partial charge on any atom is -0.383 e. The van der Waals surface area contributed by atoms with Gasteiger partial charge in [0.05, 0.1) is 15.2 Å². The van der Waals surface area contributed by atoms with E-state index < -0.39 is 5.82 Å². The topological polar surface area (TPSA) is 62.7 Å². The van der Waals surface area contributed by atoms with Gasteiger partial charge in [0.2, 0.25) is 0 Å². The average molecular weight is 451 g/mol. The molecule has 7 heteroatoms. The second-order valence-electron chi connectivity index (χ2n) is 5.59. The van der Waals surface area contributed by atoms with E-state index in [0.717, 1.165) is 0 Å². The number of halogens is 4. The van der Waals surface area contributed by atoms with Gasteiger partial charge in [0.1, 0.15) is 23.3 Å². The van der Waals surface area contributed by atoms with E-state index in [1.165, 1.54) is 6.07 Å². The third kappa shape index (κ3) is 3.28. The van der Waals surface area contributed by atoms with E-state index >= 15 is 0 Å². The summed E-state index contributed by atoms with van der Waals surface area (Å²) in [6.07, 6.45) is 0. The lowest BCUT2D eigenvalue weighted by Crippen LogP contribution is -2.03. The number of pyridine rings is 1. The summed E-state index contributed by atoms with van der Waals surface area (Å²) in [7, 11) is 0. The van der Waals surface area contributed by atoms with E-state index in [9.17, 15) is 9.65 Å². The first-order chi connectivity index (χ1) is 12.3. The molecule has 2 aromatic carbocycles. The van der Waals surface area contributed by atoms with Gasteiger partial charge in [0.25, 0.3) is 0 Å². The van der Waals surface area contributed by atoms with Gasteiger partial charge >= 0.3 is 0 Å². The van der Waals surface area contributed by atoms with Gasteiger partial charge in [-0.1, -0.05) is 29.3 Å². The van der Waals surface area contributed by atoms with Crippen LogP contribution in [0.1, 0.15) is 11.1 Å². The molecule has 3 rings (SSSR count). The van der Waals surface area contributed by atoms with Crippen molar-refractivity contribution in [2.24, 2.45) is 0 Å². The minimum absolute atomic E-state index is 0.0783. The molecule has 2 N–H and O–H groups in total. The minimum atomic E-state index is -0.395. The Kier molecular flexibility index (Phi) is 5.19. The summed E-state index contributed by atoms with van der Waals surface area (Å²) in [6, 6.07) is 11.7. The van der Waals surface area contributed by atoms with Crippen LogP contribution in [0.5, 0.6) is 0 Å². The summed E-state index contributed by atoms with van der Waals surface area (Å²) in [5, 5.41) is 10.5. The van der Waals surface area contributed by atoms with E-state index in [1.54, 1.807) is 30.3 Å². The maximum absolute atomic E-state index is 13.6. The molecular weight excluding hydrogens is 440 g/mol. The predicted octanol–water partition coefficient (Wildman–Crippen LogP) is 6.39. The molecule has 0 bridgehead atoms. The number of nitrogens with zero attached hydrogens (tertiary/aromatic N) is 2. The normalized spacial score (nSPS) is 10.6. The van der Waals surface area contributed by atoms with Crippen molar-refractivity contribution in [1.82, 2.24) is 4.98 Å². The molecule has 0 aliphatic carbocycles. The van der Waals surface area contributed by atoms with Crippen LogP contribution >= 0.6 is 39.1 Å². The van der Waals surface area contributed by atoms with Gasteiger partial charge in [-0.3, -0.25) is 0 Å². The van der Waals surface area contributed by atoms with E-state index in [4.69, 9.17) is 28.9 Å². The zero-order valence-electron chi connectivity index (χ0n) is 13.4. The third-order valence-electron chi connectivity index (χ3n) is 3.97. The molecule has 0 saturated carbocycles. The molecule has 130 valence electrons. The van der Waals surface area contributed by atoms with Crippen molar-refractivity contribution in [2.75, 3.05) is 5.73 Å². The Hall–Kier alpha value is -2.13. The fourth-order valence-corrected chi connectivity index (χ4v) is 3.64. The standard InChI is InChI=1S/C19H11BrCl2FN3/c1-9-17(10-2-5-16(23)14(20)6-10)13(8-24)19(25)26-18(9)12-4-3-11(21)7-15(12)22/h2-7H,1H3,(H2,25,26). The summed E-state index contributed by atoms with van der Waals surface area (Å²) < 4.78 is 13.9. The second kappa shape index (κ2) is 7.24. The second-order valence-corrected chi connectivity index (χ2v) is 7.28. The lowest BCUT2D eigenvalue weighted by atomic mass is 9.93. The molecule has 0 aliphatic rings. The molecule has 26 heavy (non-hydrogen) atoms. The smallest absolute Gasteiger partial charge is 0.142 e. The molecule has 0 spiro atoms. The molecule has 0 amide bonds. The van der Waals surface area contributed by atoms with Crippen LogP contribution in [0.25, 0.3) is 22.4 Å². The number of nitriles is 1. The highest BCUT2D eigenvalue weighted by atomic mass is 79.9. The SMILES string of the molecule is Cc1c(-c2ccc(Cl)cc2Cl)nc(N)c(C#N)c1-c1ccc(F)c(Br)c1. The summed E-state index contributed by atoms with van der Waals surface area (Å²) in [5.74, 6) is -0.317. The summed E-state index contributed by atoms with van der Waals surface area (Å²) in [6.45, 7) is 1.82. The van der Waals surface area contributed by atoms with Crippen molar-refractivity contribution in [2.45, 2.75) is 6.92 Å². The Balaban J connectivity index is 2.35. The van der Waals surface area contributed by atoms with E-state index in [-0.39, 0.29) is 11.4 Å². The molecule has 0 atom stereocenters. The van der Waals surface area contributed by atoms with Gasteiger partial charge in [-0.05, 0) is 64.3 Å². The molecule has 1 heterocycles. The highest BCUT2D eigenvalue weighted by molar-refractivity contribution is 9.10. The fourth-order valence-electron chi connectivity index (χ4n) is 2.76. The summed E-state index contributed by atoms with van der Waals surface area (Å²) >= 11 is 15.5. The summed E-state index contributed by atoms with van der Waals surface area (Å²) in [4.78, 5) is 4.37. The van der Waals surface area contributed by atoms with Crippen LogP contribution in [-0.2, 0) is 0 Å². The van der Waals surface area contributed by atoms with Crippen molar-refractivity contribution in [3.63, 3.8) is 0 Å². The molecule has 0 unspecified atom stereocenters. The van der Waals surface area contributed by atoms with Crippen LogP contribution in [0.3, 0.4) is 0 Å². The average Bonchev–Trinajstić information content (AvgIpc) is 2.59. The first kappa shape index (κ1) is 18.7. The monoisotopic (exact) mass is 449 g/mol. The van der Waals surface area contributed by atoms with E-state index in [1.807, 2.05) is 6.92 Å². The highest BCUT2D eigenvalue weighted by Gasteiger charge is 2.20. The van der Waals surface area contributed by atoms with Gasteiger partial charge in [-0.25, -0.2) is 9.37 Å². The Morgan fingerprint density at radius 3 is 2.54 bits per heavy atom. The van der Waals surface area contributed by atoms with Gasteiger partial charge in [0.15, 0.2) is 0 Å². The predicted molar refractivity (Wildman–Crippen MR) is 107 cm³/mol. The first-order valence-electron chi connectivity index (χ1n) is 7.44. The van der Waals surface area contributed by atoms with Crippen LogP contribution in [-0.4, -0.2) is 4.98 Å². The lowest BCUT2D eigenvalue weighted by Gasteiger charge is -2.16. The van der Waals surface area contributed by atoms with Crippen molar-refractivity contribution in [3.05, 3.63) is 67.9 Å². The quantitative estimate of drug-likeness (QED) is 0.492. The number of anilines is 1. The van der Waals surface area contributed by atoms with Crippen LogP contribution in [0.4, 0.5) is 10.2 Å². The molecule has 0 fully saturated rings. The zero-order valence-corrected chi connectivity index (χ0v) is 16.5. The third-order valence-corrected chi connectivity index (χ3v) is 5.13. The van der Waals surface area contributed by atoms with Crippen LogP contribution < -0.4 is 5.73 Å². The Morgan fingerprint density at radius 2 is 1.92 bits per heavy atom. The molecular formula is C19H11BrCl2FN3. The van der Waals surface area contributed by atoms with Crippen LogP contribution in [0.2, 0.25) is 10.0 Å². The van der Waals surface area contributed by atoms with Gasteiger partial charge in [-0.15, -0.1) is 0 Å². The van der Waals surface area contributed by atoms with Crippen LogP contribution in [0, 0.1) is 24.1 Å². The van der Waals surface area contributed by atoms with Gasteiger partial charge < -0.3 is 5.73 Å². The Labute approximate surface area is 168 Å². The van der Waals surface area contributed by atoms with Gasteiger partial charge in [-0.2, -0.15) is 5.26 Å². The number of aromatic nitrogens is 1. The number of hydrogen-bond donors (Lipinski definition) is 1. The molecule has 0 radical (unpaired) electrons. The van der Waals surface area contributed by atoms with Gasteiger partial charge in [0, 0.05) is 16.1 Å². The van der Waals surface area contributed by atoms with Crippen molar-refractivity contribution >= 4 is 44.9 Å². The Bertz CT molecular complexity index is 1080.